The minimum atomic E-state index is 0.139. The van der Waals surface area contributed by atoms with Gasteiger partial charge < -0.3 is 15.2 Å². The Kier molecular flexibility index (Phi) is 7.45. The molecule has 3 nitrogen and oxygen atoms in total. The highest BCUT2D eigenvalue weighted by Gasteiger charge is 2.11. The van der Waals surface area contributed by atoms with E-state index in [4.69, 9.17) is 15.2 Å². The van der Waals surface area contributed by atoms with Crippen LogP contribution in [0.4, 0.5) is 0 Å². The van der Waals surface area contributed by atoms with E-state index in [0.717, 1.165) is 19.6 Å². The van der Waals surface area contributed by atoms with Gasteiger partial charge in [0.05, 0.1) is 6.61 Å². The first-order valence-electron chi connectivity index (χ1n) is 4.54. The second kappa shape index (κ2) is 7.53. The van der Waals surface area contributed by atoms with Crippen molar-refractivity contribution in [3.05, 3.63) is 0 Å². The first-order valence-corrected chi connectivity index (χ1v) is 4.54. The van der Waals surface area contributed by atoms with E-state index in [0.29, 0.717) is 12.5 Å². The highest BCUT2D eigenvalue weighted by molar-refractivity contribution is 4.68. The molecule has 0 rings (SSSR count). The van der Waals surface area contributed by atoms with Gasteiger partial charge in [-0.15, -0.1) is 0 Å². The van der Waals surface area contributed by atoms with E-state index in [1.54, 1.807) is 7.11 Å². The average Bonchev–Trinajstić information content (AvgIpc) is 2.10. The van der Waals surface area contributed by atoms with E-state index < -0.39 is 0 Å². The van der Waals surface area contributed by atoms with Crippen LogP contribution < -0.4 is 5.73 Å². The van der Waals surface area contributed by atoms with Crippen LogP contribution in [0.5, 0.6) is 0 Å². The maximum Gasteiger partial charge on any atom is 0.0619 e. The van der Waals surface area contributed by atoms with E-state index in [1.807, 2.05) is 6.92 Å². The van der Waals surface area contributed by atoms with Crippen LogP contribution >= 0.6 is 0 Å². The second-order valence-corrected chi connectivity index (χ2v) is 3.08. The Bertz CT molecular complexity index is 86.5. The fraction of sp³-hybridized carbons (Fsp3) is 1.00. The summed E-state index contributed by atoms with van der Waals surface area (Å²) in [5, 5.41) is 0. The van der Waals surface area contributed by atoms with E-state index in [2.05, 4.69) is 6.92 Å². The molecule has 0 aliphatic carbocycles. The molecule has 0 saturated carbocycles. The topological polar surface area (TPSA) is 44.5 Å². The molecule has 0 heterocycles. The number of methoxy groups -OCH3 is 1. The van der Waals surface area contributed by atoms with Crippen molar-refractivity contribution in [1.29, 1.82) is 0 Å². The molecule has 2 unspecified atom stereocenters. The van der Waals surface area contributed by atoms with E-state index in [1.165, 1.54) is 0 Å². The van der Waals surface area contributed by atoms with Gasteiger partial charge in [-0.25, -0.2) is 0 Å². The molecular weight excluding hydrogens is 154 g/mol. The van der Waals surface area contributed by atoms with Crippen molar-refractivity contribution in [1.82, 2.24) is 0 Å². The first-order chi connectivity index (χ1) is 5.72. The molecule has 0 radical (unpaired) electrons. The van der Waals surface area contributed by atoms with Gasteiger partial charge in [0.15, 0.2) is 0 Å². The third kappa shape index (κ3) is 5.52. The summed E-state index contributed by atoms with van der Waals surface area (Å²) < 4.78 is 10.2. The third-order valence-corrected chi connectivity index (χ3v) is 2.02. The van der Waals surface area contributed by atoms with Gasteiger partial charge in [-0.3, -0.25) is 0 Å². The van der Waals surface area contributed by atoms with Gasteiger partial charge in [-0.05, 0) is 19.3 Å². The number of ether oxygens (including phenoxy) is 2. The second-order valence-electron chi connectivity index (χ2n) is 3.08. The molecule has 0 aromatic heterocycles. The summed E-state index contributed by atoms with van der Waals surface area (Å²) in [6, 6.07) is 0.139. The lowest BCUT2D eigenvalue weighted by molar-refractivity contribution is 0.107. The maximum atomic E-state index is 5.86. The third-order valence-electron chi connectivity index (χ3n) is 2.02. The molecule has 2 atom stereocenters. The Hall–Kier alpha value is -0.120. The largest absolute Gasteiger partial charge is 0.385 e. The van der Waals surface area contributed by atoms with Gasteiger partial charge in [-0.2, -0.15) is 0 Å². The fourth-order valence-electron chi connectivity index (χ4n) is 0.936. The van der Waals surface area contributed by atoms with Crippen molar-refractivity contribution >= 4 is 0 Å². The minimum absolute atomic E-state index is 0.139. The van der Waals surface area contributed by atoms with Crippen LogP contribution in [0.2, 0.25) is 0 Å². The monoisotopic (exact) mass is 175 g/mol. The van der Waals surface area contributed by atoms with Crippen LogP contribution in [0.3, 0.4) is 0 Å². The summed E-state index contributed by atoms with van der Waals surface area (Å²) in [4.78, 5) is 0. The zero-order chi connectivity index (χ0) is 9.40. The van der Waals surface area contributed by atoms with Crippen molar-refractivity contribution < 1.29 is 9.47 Å². The smallest absolute Gasteiger partial charge is 0.0619 e. The van der Waals surface area contributed by atoms with E-state index in [9.17, 15) is 0 Å². The summed E-state index contributed by atoms with van der Waals surface area (Å²) in [7, 11) is 1.71. The molecule has 74 valence electrons. The highest BCUT2D eigenvalue weighted by atomic mass is 16.5. The molecule has 0 amide bonds. The summed E-state index contributed by atoms with van der Waals surface area (Å²) >= 11 is 0. The summed E-state index contributed by atoms with van der Waals surface area (Å²) in [5.41, 5.74) is 5.86. The predicted octanol–water partition coefficient (Wildman–Crippen LogP) is 1.02. The maximum absolute atomic E-state index is 5.86. The average molecular weight is 175 g/mol. The van der Waals surface area contributed by atoms with Crippen molar-refractivity contribution in [3.8, 4) is 0 Å². The summed E-state index contributed by atoms with van der Waals surface area (Å²) in [6.07, 6.45) is 1.00. The number of nitrogens with two attached hydrogens (primary N) is 1. The molecule has 0 aliphatic heterocycles. The molecule has 0 bridgehead atoms. The molecule has 0 aromatic carbocycles. The molecule has 0 aliphatic rings. The molecular formula is C9H21NO2. The van der Waals surface area contributed by atoms with Crippen LogP contribution in [0.15, 0.2) is 0 Å². The lowest BCUT2D eigenvalue weighted by Crippen LogP contribution is -2.33. The Labute approximate surface area is 75.2 Å². The standard InChI is InChI=1S/C9H21NO2/c1-4-12-7-9(10)8(2)5-6-11-3/h8-9H,4-7,10H2,1-3H3. The van der Waals surface area contributed by atoms with Crippen LogP contribution in [0.25, 0.3) is 0 Å². The minimum Gasteiger partial charge on any atom is -0.385 e. The molecule has 2 N–H and O–H groups in total. The predicted molar refractivity (Wildman–Crippen MR) is 50.1 cm³/mol. The van der Waals surface area contributed by atoms with Gasteiger partial charge in [-0.1, -0.05) is 6.92 Å². The van der Waals surface area contributed by atoms with Crippen LogP contribution in [-0.2, 0) is 9.47 Å². The Morgan fingerprint density at radius 3 is 2.58 bits per heavy atom. The number of rotatable bonds is 7. The Morgan fingerprint density at radius 2 is 2.08 bits per heavy atom. The van der Waals surface area contributed by atoms with E-state index >= 15 is 0 Å². The molecule has 0 saturated heterocycles. The molecule has 0 spiro atoms. The summed E-state index contributed by atoms with van der Waals surface area (Å²) in [6.45, 7) is 6.28. The van der Waals surface area contributed by atoms with E-state index in [-0.39, 0.29) is 6.04 Å². The van der Waals surface area contributed by atoms with Gasteiger partial charge in [0.25, 0.3) is 0 Å². The van der Waals surface area contributed by atoms with Crippen LogP contribution in [0.1, 0.15) is 20.3 Å². The van der Waals surface area contributed by atoms with Crippen LogP contribution in [-0.4, -0.2) is 33.0 Å². The van der Waals surface area contributed by atoms with Gasteiger partial charge in [0.2, 0.25) is 0 Å². The Morgan fingerprint density at radius 1 is 1.42 bits per heavy atom. The van der Waals surface area contributed by atoms with Gasteiger partial charge >= 0.3 is 0 Å². The zero-order valence-corrected chi connectivity index (χ0v) is 8.38. The van der Waals surface area contributed by atoms with Crippen LogP contribution in [0, 0.1) is 5.92 Å². The normalized spacial score (nSPS) is 16.0. The summed E-state index contributed by atoms with van der Waals surface area (Å²) in [5.74, 6) is 0.469. The van der Waals surface area contributed by atoms with Gasteiger partial charge in [0, 0.05) is 26.4 Å². The lowest BCUT2D eigenvalue weighted by Gasteiger charge is -2.18. The first kappa shape index (κ1) is 11.9. The SMILES string of the molecule is CCOCC(N)C(C)CCOC. The van der Waals surface area contributed by atoms with Crippen molar-refractivity contribution in [2.45, 2.75) is 26.3 Å². The van der Waals surface area contributed by atoms with Gasteiger partial charge in [0.1, 0.15) is 0 Å². The molecule has 0 fully saturated rings. The number of hydrogen-bond acceptors (Lipinski definition) is 3. The molecule has 0 aromatic rings. The van der Waals surface area contributed by atoms with Crippen molar-refractivity contribution in [3.63, 3.8) is 0 Å². The fourth-order valence-corrected chi connectivity index (χ4v) is 0.936. The zero-order valence-electron chi connectivity index (χ0n) is 8.38. The lowest BCUT2D eigenvalue weighted by atomic mass is 10.0. The molecule has 3 heteroatoms. The quantitative estimate of drug-likeness (QED) is 0.628. The van der Waals surface area contributed by atoms with Crippen molar-refractivity contribution in [2.24, 2.45) is 11.7 Å². The number of hydrogen-bond donors (Lipinski definition) is 1. The highest BCUT2D eigenvalue weighted by Crippen LogP contribution is 2.06. The van der Waals surface area contributed by atoms with Crippen molar-refractivity contribution in [2.75, 3.05) is 26.9 Å². The molecule has 12 heavy (non-hydrogen) atoms. The Balaban J connectivity index is 3.39.